The average Bonchev–Trinajstić information content (AvgIpc) is 3.06. The van der Waals surface area contributed by atoms with Crippen LogP contribution in [-0.4, -0.2) is 56.4 Å². The molecule has 2 aromatic carbocycles. The monoisotopic (exact) mass is 456 g/mol. The van der Waals surface area contributed by atoms with Crippen molar-refractivity contribution in [3.63, 3.8) is 0 Å². The van der Waals surface area contributed by atoms with Crippen LogP contribution in [0, 0.1) is 6.92 Å². The van der Waals surface area contributed by atoms with E-state index in [1.807, 2.05) is 31.2 Å². The van der Waals surface area contributed by atoms with E-state index in [0.717, 1.165) is 27.8 Å². The minimum atomic E-state index is -0.426. The Morgan fingerprint density at radius 3 is 2.25 bits per heavy atom. The zero-order chi connectivity index (χ0) is 23.3. The van der Waals surface area contributed by atoms with Gasteiger partial charge in [-0.3, -0.25) is 19.3 Å². The number of hydrogen-bond donors (Lipinski definition) is 1. The van der Waals surface area contributed by atoms with E-state index in [4.69, 9.17) is 14.2 Å². The van der Waals surface area contributed by atoms with Gasteiger partial charge in [-0.2, -0.15) is 0 Å². The van der Waals surface area contributed by atoms with Crippen LogP contribution < -0.4 is 19.5 Å². The van der Waals surface area contributed by atoms with Crippen molar-refractivity contribution in [3.8, 4) is 17.2 Å². The number of hydrogen-bond acceptors (Lipinski definition) is 7. The molecule has 3 rings (SSSR count). The molecule has 1 aliphatic heterocycles. The van der Waals surface area contributed by atoms with Gasteiger partial charge in [-0.05, 0) is 30.3 Å². The van der Waals surface area contributed by atoms with Gasteiger partial charge >= 0.3 is 0 Å². The molecular formula is C23H24N2O6S. The lowest BCUT2D eigenvalue weighted by Gasteiger charge is -2.15. The number of thioether (sulfide) groups is 1. The largest absolute Gasteiger partial charge is 0.496 e. The molecule has 1 heterocycles. The van der Waals surface area contributed by atoms with Gasteiger partial charge in [0, 0.05) is 25.2 Å². The van der Waals surface area contributed by atoms with Crippen molar-refractivity contribution in [1.29, 1.82) is 0 Å². The van der Waals surface area contributed by atoms with E-state index in [-0.39, 0.29) is 29.8 Å². The maximum absolute atomic E-state index is 12.7. The third-order valence-corrected chi connectivity index (χ3v) is 5.73. The molecule has 0 aromatic heterocycles. The Kier molecular flexibility index (Phi) is 7.42. The highest BCUT2D eigenvalue weighted by Gasteiger charge is 2.34. The van der Waals surface area contributed by atoms with Crippen LogP contribution in [0.15, 0.2) is 41.3 Å². The molecule has 0 unspecified atom stereocenters. The van der Waals surface area contributed by atoms with Gasteiger partial charge in [0.2, 0.25) is 0 Å². The molecule has 168 valence electrons. The van der Waals surface area contributed by atoms with Crippen LogP contribution >= 0.6 is 11.8 Å². The Hall–Kier alpha value is -3.46. The number of methoxy groups -OCH3 is 3. The molecule has 32 heavy (non-hydrogen) atoms. The summed E-state index contributed by atoms with van der Waals surface area (Å²) in [5, 5.41) is 2.34. The molecule has 0 saturated carbocycles. The Morgan fingerprint density at radius 2 is 1.62 bits per heavy atom. The molecule has 0 radical (unpaired) electrons. The fourth-order valence-electron chi connectivity index (χ4n) is 3.09. The summed E-state index contributed by atoms with van der Waals surface area (Å²) in [5.74, 6) is 0.320. The number of amides is 3. The van der Waals surface area contributed by atoms with Crippen LogP contribution in [0.25, 0.3) is 6.08 Å². The first-order valence-corrected chi connectivity index (χ1v) is 10.6. The standard InChI is InChI=1S/C23H24N2O6S/c1-14-5-7-15(8-6-14)11-20-22(27)25(23(28)32-20)10-9-24-21(26)16-12-18(30-3)19(31-4)13-17(16)29-2/h5-8,11-13H,9-10H2,1-4H3,(H,24,26). The van der Waals surface area contributed by atoms with E-state index < -0.39 is 5.91 Å². The molecule has 1 fully saturated rings. The number of imide groups is 1. The number of nitrogens with zero attached hydrogens (tertiary/aromatic N) is 1. The van der Waals surface area contributed by atoms with E-state index in [0.29, 0.717) is 22.2 Å². The Bertz CT molecular complexity index is 1060. The maximum atomic E-state index is 12.7. The number of carbonyl (C=O) groups excluding carboxylic acids is 3. The molecule has 9 heteroatoms. The Balaban J connectivity index is 1.65. The van der Waals surface area contributed by atoms with Gasteiger partial charge in [-0.25, -0.2) is 0 Å². The summed E-state index contributed by atoms with van der Waals surface area (Å²) < 4.78 is 15.7. The summed E-state index contributed by atoms with van der Waals surface area (Å²) in [4.78, 5) is 39.1. The molecule has 2 aromatic rings. The summed E-state index contributed by atoms with van der Waals surface area (Å²) in [6.45, 7) is 2.12. The lowest BCUT2D eigenvalue weighted by molar-refractivity contribution is -0.122. The predicted molar refractivity (Wildman–Crippen MR) is 122 cm³/mol. The third-order valence-electron chi connectivity index (χ3n) is 4.82. The van der Waals surface area contributed by atoms with E-state index in [1.54, 1.807) is 12.1 Å². The van der Waals surface area contributed by atoms with Crippen LogP contribution in [0.5, 0.6) is 17.2 Å². The SMILES string of the molecule is COc1cc(OC)c(C(=O)NCCN2C(=O)SC(=Cc3ccc(C)cc3)C2=O)cc1OC. The number of rotatable bonds is 8. The van der Waals surface area contributed by atoms with Gasteiger partial charge in [0.1, 0.15) is 5.75 Å². The number of nitrogens with one attached hydrogen (secondary N) is 1. The van der Waals surface area contributed by atoms with Crippen LogP contribution in [0.2, 0.25) is 0 Å². The number of aryl methyl sites for hydroxylation is 1. The van der Waals surface area contributed by atoms with Gasteiger partial charge in [0.15, 0.2) is 11.5 Å². The van der Waals surface area contributed by atoms with Gasteiger partial charge in [-0.1, -0.05) is 29.8 Å². The van der Waals surface area contributed by atoms with Gasteiger partial charge < -0.3 is 19.5 Å². The highest BCUT2D eigenvalue weighted by molar-refractivity contribution is 8.18. The van der Waals surface area contributed by atoms with Crippen molar-refractivity contribution in [3.05, 3.63) is 58.0 Å². The van der Waals surface area contributed by atoms with Crippen LogP contribution in [0.3, 0.4) is 0 Å². The fourth-order valence-corrected chi connectivity index (χ4v) is 3.95. The quantitative estimate of drug-likeness (QED) is 0.608. The number of ether oxygens (including phenoxy) is 3. The van der Waals surface area contributed by atoms with Crippen LogP contribution in [-0.2, 0) is 4.79 Å². The van der Waals surface area contributed by atoms with Gasteiger partial charge in [0.05, 0.1) is 31.8 Å². The topological polar surface area (TPSA) is 94.2 Å². The molecule has 0 bridgehead atoms. The molecule has 0 aliphatic carbocycles. The second-order valence-corrected chi connectivity index (χ2v) is 7.90. The van der Waals surface area contributed by atoms with E-state index >= 15 is 0 Å². The zero-order valence-corrected chi connectivity index (χ0v) is 19.1. The van der Waals surface area contributed by atoms with E-state index in [2.05, 4.69) is 5.32 Å². The molecule has 8 nitrogen and oxygen atoms in total. The first kappa shape index (κ1) is 23.2. The van der Waals surface area contributed by atoms with Crippen molar-refractivity contribution in [2.75, 3.05) is 34.4 Å². The molecular weight excluding hydrogens is 432 g/mol. The highest BCUT2D eigenvalue weighted by atomic mass is 32.2. The van der Waals surface area contributed by atoms with Crippen molar-refractivity contribution < 1.29 is 28.6 Å². The molecule has 1 aliphatic rings. The summed E-state index contributed by atoms with van der Waals surface area (Å²) in [7, 11) is 4.40. The lowest BCUT2D eigenvalue weighted by atomic mass is 10.1. The minimum Gasteiger partial charge on any atom is -0.496 e. The predicted octanol–water partition coefficient (Wildman–Crippen LogP) is 3.49. The van der Waals surface area contributed by atoms with Crippen molar-refractivity contribution in [2.45, 2.75) is 6.92 Å². The van der Waals surface area contributed by atoms with Crippen LogP contribution in [0.1, 0.15) is 21.5 Å². The zero-order valence-electron chi connectivity index (χ0n) is 18.3. The molecule has 0 atom stereocenters. The minimum absolute atomic E-state index is 0.0528. The van der Waals surface area contributed by atoms with Crippen molar-refractivity contribution in [2.24, 2.45) is 0 Å². The second-order valence-electron chi connectivity index (χ2n) is 6.91. The number of carbonyl (C=O) groups is 3. The third kappa shape index (κ3) is 5.05. The Morgan fingerprint density at radius 1 is 1.00 bits per heavy atom. The lowest BCUT2D eigenvalue weighted by Crippen LogP contribution is -2.37. The summed E-state index contributed by atoms with van der Waals surface area (Å²) in [6.07, 6.45) is 1.69. The van der Waals surface area contributed by atoms with Gasteiger partial charge in [-0.15, -0.1) is 0 Å². The second kappa shape index (κ2) is 10.2. The molecule has 3 amide bonds. The van der Waals surface area contributed by atoms with Crippen molar-refractivity contribution >= 4 is 34.9 Å². The molecule has 1 saturated heterocycles. The maximum Gasteiger partial charge on any atom is 0.293 e. The highest BCUT2D eigenvalue weighted by Crippen LogP contribution is 2.35. The summed E-state index contributed by atoms with van der Waals surface area (Å²) >= 11 is 0.887. The molecule has 1 N–H and O–H groups in total. The first-order valence-electron chi connectivity index (χ1n) is 9.78. The van der Waals surface area contributed by atoms with E-state index in [9.17, 15) is 14.4 Å². The number of benzene rings is 2. The van der Waals surface area contributed by atoms with Gasteiger partial charge in [0.25, 0.3) is 17.1 Å². The molecule has 0 spiro atoms. The summed E-state index contributed by atoms with van der Waals surface area (Å²) in [5.41, 5.74) is 2.20. The summed E-state index contributed by atoms with van der Waals surface area (Å²) in [6, 6.07) is 10.7. The van der Waals surface area contributed by atoms with Crippen LogP contribution in [0.4, 0.5) is 4.79 Å². The van der Waals surface area contributed by atoms with Crippen molar-refractivity contribution in [1.82, 2.24) is 10.2 Å². The normalized spacial score (nSPS) is 14.6. The Labute approximate surface area is 190 Å². The first-order chi connectivity index (χ1) is 15.4. The fraction of sp³-hybridized carbons (Fsp3) is 0.261. The van der Waals surface area contributed by atoms with E-state index in [1.165, 1.54) is 27.4 Å². The average molecular weight is 457 g/mol. The smallest absolute Gasteiger partial charge is 0.293 e.